The predicted octanol–water partition coefficient (Wildman–Crippen LogP) is 5.57. The molecule has 0 spiro atoms. The summed E-state index contributed by atoms with van der Waals surface area (Å²) in [4.78, 5) is 31.9. The summed E-state index contributed by atoms with van der Waals surface area (Å²) >= 11 is 0. The van der Waals surface area contributed by atoms with Crippen molar-refractivity contribution in [3.63, 3.8) is 0 Å². The van der Waals surface area contributed by atoms with Gasteiger partial charge in [-0.2, -0.15) is 0 Å². The number of hydrogen-bond donors (Lipinski definition) is 0. The number of aromatic nitrogens is 1. The van der Waals surface area contributed by atoms with E-state index in [0.717, 1.165) is 50.0 Å². The Kier molecular flexibility index (Phi) is 9.88. The van der Waals surface area contributed by atoms with Gasteiger partial charge in [-0.1, -0.05) is 36.4 Å². The van der Waals surface area contributed by atoms with Crippen molar-refractivity contribution in [1.82, 2.24) is 19.3 Å². The molecule has 10 heteroatoms. The molecule has 0 unspecified atom stereocenters. The first kappa shape index (κ1) is 30.0. The van der Waals surface area contributed by atoms with Crippen LogP contribution in [0.1, 0.15) is 30.4 Å². The molecule has 0 saturated carbocycles. The van der Waals surface area contributed by atoms with E-state index in [-0.39, 0.29) is 6.10 Å². The van der Waals surface area contributed by atoms with E-state index in [1.807, 2.05) is 32.3 Å². The summed E-state index contributed by atoms with van der Waals surface area (Å²) in [6.45, 7) is 2.68. The van der Waals surface area contributed by atoms with Crippen LogP contribution in [0.5, 0.6) is 5.75 Å². The number of likely N-dealkylation sites (N-methyl/N-ethyl adjacent to an activating group) is 1. The van der Waals surface area contributed by atoms with E-state index in [1.165, 1.54) is 15.8 Å². The lowest BCUT2D eigenvalue weighted by Gasteiger charge is -2.36. The second-order valence-corrected chi connectivity index (χ2v) is 11.1. The van der Waals surface area contributed by atoms with Crippen LogP contribution < -0.4 is 4.74 Å². The van der Waals surface area contributed by atoms with Crippen LogP contribution in [0.15, 0.2) is 78.9 Å². The van der Waals surface area contributed by atoms with Gasteiger partial charge in [-0.25, -0.2) is 9.59 Å². The fourth-order valence-electron chi connectivity index (χ4n) is 5.43. The number of nitrogens with zero attached hydrogens (tertiary/aromatic N) is 4. The van der Waals surface area contributed by atoms with Gasteiger partial charge in [0.05, 0.1) is 12.6 Å². The molecule has 228 valence electrons. The van der Waals surface area contributed by atoms with Crippen LogP contribution in [-0.2, 0) is 27.2 Å². The quantitative estimate of drug-likeness (QED) is 0.223. The molecule has 0 N–H and O–H groups in total. The molecule has 0 amide bonds. The summed E-state index contributed by atoms with van der Waals surface area (Å²) in [5.41, 5.74) is 4.20. The zero-order valence-electron chi connectivity index (χ0n) is 25.1. The lowest BCUT2D eigenvalue weighted by molar-refractivity contribution is -0.0383. The zero-order chi connectivity index (χ0) is 30.2. The third-order valence-corrected chi connectivity index (χ3v) is 7.74. The van der Waals surface area contributed by atoms with Crippen molar-refractivity contribution in [1.29, 1.82) is 0 Å². The lowest BCUT2D eigenvalue weighted by Crippen LogP contribution is -2.38. The van der Waals surface area contributed by atoms with Gasteiger partial charge in [-0.15, -0.1) is 0 Å². The van der Waals surface area contributed by atoms with Crippen LogP contribution in [-0.4, -0.2) is 85.3 Å². The maximum absolute atomic E-state index is 12.9. The van der Waals surface area contributed by atoms with Crippen LogP contribution >= 0.6 is 0 Å². The number of likely N-dealkylation sites (tertiary alicyclic amines) is 1. The van der Waals surface area contributed by atoms with Crippen molar-refractivity contribution in [3.8, 4) is 5.75 Å². The third kappa shape index (κ3) is 7.90. The third-order valence-electron chi connectivity index (χ3n) is 7.74. The molecule has 3 aromatic rings. The fourth-order valence-corrected chi connectivity index (χ4v) is 5.43. The first-order valence-electron chi connectivity index (χ1n) is 14.6. The van der Waals surface area contributed by atoms with Gasteiger partial charge in [0.25, 0.3) is 0 Å². The molecule has 1 fully saturated rings. The monoisotopic (exact) mass is 588 g/mol. The Balaban J connectivity index is 1.07. The van der Waals surface area contributed by atoms with Crippen LogP contribution in [0, 0.1) is 0 Å². The minimum absolute atomic E-state index is 0.248. The molecule has 0 bridgehead atoms. The minimum Gasteiger partial charge on any atom is -0.497 e. The Morgan fingerprint density at radius 3 is 2.56 bits per heavy atom. The van der Waals surface area contributed by atoms with Gasteiger partial charge in [-0.05, 0) is 49.8 Å². The smallest absolute Gasteiger partial charge is 0.497 e. The van der Waals surface area contributed by atoms with E-state index in [4.69, 9.17) is 18.9 Å². The van der Waals surface area contributed by atoms with Gasteiger partial charge in [-0.3, -0.25) is 4.57 Å². The average molecular weight is 589 g/mol. The zero-order valence-corrected chi connectivity index (χ0v) is 25.1. The SMILES string of the molecule is COc1ccc2c(c1)c(CCN(C)C)cn2C(=O)OCOC(=O)OC1CCN(C2=CN(Cc3ccccc3)C=CC2)CC1. The molecule has 0 atom stereocenters. The molecule has 5 rings (SSSR count). The van der Waals surface area contributed by atoms with Crippen molar-refractivity contribution in [2.24, 2.45) is 0 Å². The summed E-state index contributed by atoms with van der Waals surface area (Å²) in [5.74, 6) is 0.707. The number of fused-ring (bicyclic) bond motifs is 1. The Labute approximate surface area is 252 Å². The number of carbonyl (C=O) groups excluding carboxylic acids is 2. The van der Waals surface area contributed by atoms with E-state index < -0.39 is 19.0 Å². The molecule has 3 heterocycles. The molecular formula is C33H40N4O6. The summed E-state index contributed by atoms with van der Waals surface area (Å²) in [7, 11) is 5.61. The van der Waals surface area contributed by atoms with Gasteiger partial charge >= 0.3 is 12.2 Å². The van der Waals surface area contributed by atoms with Crippen molar-refractivity contribution in [2.75, 3.05) is 47.6 Å². The molecule has 1 saturated heterocycles. The highest BCUT2D eigenvalue weighted by atomic mass is 16.8. The molecule has 2 aromatic carbocycles. The number of rotatable bonds is 10. The number of allylic oxidation sites excluding steroid dienone is 1. The minimum atomic E-state index is -0.839. The van der Waals surface area contributed by atoms with E-state index in [0.29, 0.717) is 24.1 Å². The standard InChI is InChI=1S/C33H40N4O6/c1-34(2)17-13-26-22-37(31-12-11-29(40-3)20-30(26)31)32(38)41-24-42-33(39)43-28-14-18-36(19-15-28)27-10-7-16-35(23-27)21-25-8-5-4-6-9-25/h4-9,11-12,16,20,22-23,28H,10,13-15,17-19,21,24H2,1-3H3. The predicted molar refractivity (Wildman–Crippen MR) is 163 cm³/mol. The van der Waals surface area contributed by atoms with Gasteiger partial charge < -0.3 is 33.6 Å². The Bertz CT molecular complexity index is 1460. The number of ether oxygens (including phenoxy) is 4. The number of piperidine rings is 1. The normalized spacial score (nSPS) is 15.5. The summed E-state index contributed by atoms with van der Waals surface area (Å²) in [6.07, 6.45) is 9.57. The maximum atomic E-state index is 12.9. The summed E-state index contributed by atoms with van der Waals surface area (Å²) < 4.78 is 22.7. The molecule has 1 aromatic heterocycles. The average Bonchev–Trinajstić information content (AvgIpc) is 3.39. The highest BCUT2D eigenvalue weighted by Crippen LogP contribution is 2.27. The molecule has 2 aliphatic rings. The molecular weight excluding hydrogens is 548 g/mol. The number of hydrogen-bond acceptors (Lipinski definition) is 9. The molecule has 43 heavy (non-hydrogen) atoms. The van der Waals surface area contributed by atoms with E-state index in [9.17, 15) is 9.59 Å². The van der Waals surface area contributed by atoms with Crippen molar-refractivity contribution in [3.05, 3.63) is 90.0 Å². The molecule has 0 radical (unpaired) electrons. The number of carbonyl (C=O) groups is 2. The van der Waals surface area contributed by atoms with Crippen LogP contribution in [0.25, 0.3) is 10.9 Å². The van der Waals surface area contributed by atoms with Crippen molar-refractivity contribution >= 4 is 23.2 Å². The number of methoxy groups -OCH3 is 1. The number of benzene rings is 2. The van der Waals surface area contributed by atoms with Gasteiger partial charge in [0, 0.05) is 75.1 Å². The second-order valence-electron chi connectivity index (χ2n) is 11.1. The van der Waals surface area contributed by atoms with E-state index in [2.05, 4.69) is 57.4 Å². The highest BCUT2D eigenvalue weighted by Gasteiger charge is 2.25. The summed E-state index contributed by atoms with van der Waals surface area (Å²) in [6, 6.07) is 15.9. The fraction of sp³-hybridized carbons (Fsp3) is 0.394. The first-order valence-corrected chi connectivity index (χ1v) is 14.6. The van der Waals surface area contributed by atoms with Gasteiger partial charge in [0.15, 0.2) is 0 Å². The molecule has 0 aliphatic carbocycles. The Hall–Kier alpha value is -4.44. The van der Waals surface area contributed by atoms with Gasteiger partial charge in [0.2, 0.25) is 6.79 Å². The largest absolute Gasteiger partial charge is 0.511 e. The Morgan fingerprint density at radius 1 is 1.02 bits per heavy atom. The van der Waals surface area contributed by atoms with E-state index in [1.54, 1.807) is 19.4 Å². The van der Waals surface area contributed by atoms with E-state index >= 15 is 0 Å². The topological polar surface area (TPSA) is 85.7 Å². The van der Waals surface area contributed by atoms with Crippen molar-refractivity contribution in [2.45, 2.75) is 38.3 Å². The summed E-state index contributed by atoms with van der Waals surface area (Å²) in [5, 5.41) is 0.911. The first-order chi connectivity index (χ1) is 20.9. The lowest BCUT2D eigenvalue weighted by atomic mass is 10.1. The Morgan fingerprint density at radius 2 is 1.81 bits per heavy atom. The van der Waals surface area contributed by atoms with Crippen LogP contribution in [0.3, 0.4) is 0 Å². The molecule has 10 nitrogen and oxygen atoms in total. The molecule has 2 aliphatic heterocycles. The maximum Gasteiger partial charge on any atom is 0.511 e. The second kappa shape index (κ2) is 14.2. The highest BCUT2D eigenvalue weighted by molar-refractivity contribution is 5.92. The van der Waals surface area contributed by atoms with Crippen LogP contribution in [0.2, 0.25) is 0 Å². The van der Waals surface area contributed by atoms with Gasteiger partial charge in [0.1, 0.15) is 11.9 Å². The van der Waals surface area contributed by atoms with Crippen molar-refractivity contribution < 1.29 is 28.5 Å². The van der Waals surface area contributed by atoms with Crippen LogP contribution in [0.4, 0.5) is 9.59 Å².